The monoisotopic (exact) mass is 234 g/mol. The SMILES string of the molecule is CCOc1ccc(-c2nc(N)cs2)cc1C. The van der Waals surface area contributed by atoms with Crippen molar-refractivity contribution < 1.29 is 4.74 Å². The third-order valence-corrected chi connectivity index (χ3v) is 3.15. The number of hydrogen-bond acceptors (Lipinski definition) is 4. The van der Waals surface area contributed by atoms with E-state index >= 15 is 0 Å². The third-order valence-electron chi connectivity index (χ3n) is 2.24. The van der Waals surface area contributed by atoms with E-state index in [1.165, 1.54) is 0 Å². The molecule has 3 nitrogen and oxygen atoms in total. The highest BCUT2D eigenvalue weighted by Gasteiger charge is 2.05. The minimum Gasteiger partial charge on any atom is -0.494 e. The average molecular weight is 234 g/mol. The van der Waals surface area contributed by atoms with Gasteiger partial charge in [-0.05, 0) is 37.6 Å². The van der Waals surface area contributed by atoms with Crippen LogP contribution in [-0.4, -0.2) is 11.6 Å². The minimum absolute atomic E-state index is 0.575. The first kappa shape index (κ1) is 11.0. The Morgan fingerprint density at radius 2 is 2.25 bits per heavy atom. The van der Waals surface area contributed by atoms with Crippen molar-refractivity contribution in [1.82, 2.24) is 4.98 Å². The van der Waals surface area contributed by atoms with Crippen molar-refractivity contribution in [1.29, 1.82) is 0 Å². The van der Waals surface area contributed by atoms with Crippen LogP contribution in [0.2, 0.25) is 0 Å². The van der Waals surface area contributed by atoms with Gasteiger partial charge in [-0.25, -0.2) is 4.98 Å². The van der Waals surface area contributed by atoms with Crippen molar-refractivity contribution >= 4 is 17.2 Å². The standard InChI is InChI=1S/C12H14N2OS/c1-3-15-10-5-4-9(6-8(10)2)12-14-11(13)7-16-12/h4-7H,3,13H2,1-2H3. The van der Waals surface area contributed by atoms with Crippen molar-refractivity contribution in [2.75, 3.05) is 12.3 Å². The molecule has 4 heteroatoms. The predicted octanol–water partition coefficient (Wildman–Crippen LogP) is 3.10. The predicted molar refractivity (Wildman–Crippen MR) is 67.9 cm³/mol. The molecular formula is C12H14N2OS. The molecule has 0 unspecified atom stereocenters. The smallest absolute Gasteiger partial charge is 0.135 e. The summed E-state index contributed by atoms with van der Waals surface area (Å²) in [6.07, 6.45) is 0. The normalized spacial score (nSPS) is 10.4. The Kier molecular flexibility index (Phi) is 3.10. The highest BCUT2D eigenvalue weighted by molar-refractivity contribution is 7.13. The Morgan fingerprint density at radius 1 is 1.44 bits per heavy atom. The Hall–Kier alpha value is -1.55. The number of benzene rings is 1. The molecular weight excluding hydrogens is 220 g/mol. The average Bonchev–Trinajstić information content (AvgIpc) is 2.68. The fourth-order valence-corrected chi connectivity index (χ4v) is 2.22. The van der Waals surface area contributed by atoms with Gasteiger partial charge in [0.05, 0.1) is 6.61 Å². The Bertz CT molecular complexity index is 494. The Morgan fingerprint density at radius 3 is 2.81 bits per heavy atom. The van der Waals surface area contributed by atoms with Gasteiger partial charge in [-0.2, -0.15) is 0 Å². The summed E-state index contributed by atoms with van der Waals surface area (Å²) in [4.78, 5) is 4.25. The number of anilines is 1. The van der Waals surface area contributed by atoms with Crippen molar-refractivity contribution in [3.05, 3.63) is 29.1 Å². The van der Waals surface area contributed by atoms with Crippen LogP contribution >= 0.6 is 11.3 Å². The van der Waals surface area contributed by atoms with Gasteiger partial charge < -0.3 is 10.5 Å². The largest absolute Gasteiger partial charge is 0.494 e. The van der Waals surface area contributed by atoms with Crippen LogP contribution in [0.4, 0.5) is 5.82 Å². The molecule has 0 saturated heterocycles. The van der Waals surface area contributed by atoms with E-state index in [2.05, 4.69) is 11.1 Å². The van der Waals surface area contributed by atoms with E-state index in [9.17, 15) is 0 Å². The van der Waals surface area contributed by atoms with Crippen molar-refractivity contribution in [3.8, 4) is 16.3 Å². The zero-order valence-electron chi connectivity index (χ0n) is 9.36. The lowest BCUT2D eigenvalue weighted by Crippen LogP contribution is -1.94. The Labute approximate surface area is 98.9 Å². The fraction of sp³-hybridized carbons (Fsp3) is 0.250. The van der Waals surface area contributed by atoms with E-state index in [4.69, 9.17) is 10.5 Å². The van der Waals surface area contributed by atoms with Gasteiger partial charge in [-0.1, -0.05) is 0 Å². The molecule has 0 atom stereocenters. The van der Waals surface area contributed by atoms with Gasteiger partial charge in [0.1, 0.15) is 16.6 Å². The molecule has 0 aliphatic heterocycles. The van der Waals surface area contributed by atoms with Gasteiger partial charge in [0, 0.05) is 10.9 Å². The van der Waals surface area contributed by atoms with Gasteiger partial charge in [0.2, 0.25) is 0 Å². The molecule has 0 saturated carbocycles. The molecule has 2 N–H and O–H groups in total. The summed E-state index contributed by atoms with van der Waals surface area (Å²) >= 11 is 1.55. The summed E-state index contributed by atoms with van der Waals surface area (Å²) in [6, 6.07) is 6.06. The second kappa shape index (κ2) is 4.53. The molecule has 0 radical (unpaired) electrons. The van der Waals surface area contributed by atoms with Crippen LogP contribution in [0.15, 0.2) is 23.6 Å². The molecule has 0 amide bonds. The molecule has 2 aromatic rings. The van der Waals surface area contributed by atoms with Gasteiger partial charge in [-0.15, -0.1) is 11.3 Å². The summed E-state index contributed by atoms with van der Waals surface area (Å²) in [6.45, 7) is 4.70. The fourth-order valence-electron chi connectivity index (χ4n) is 1.52. The summed E-state index contributed by atoms with van der Waals surface area (Å²) in [5.41, 5.74) is 7.81. The summed E-state index contributed by atoms with van der Waals surface area (Å²) in [7, 11) is 0. The number of nitrogen functional groups attached to an aromatic ring is 1. The first-order chi connectivity index (χ1) is 7.70. The van der Waals surface area contributed by atoms with Crippen LogP contribution in [0.5, 0.6) is 5.75 Å². The number of ether oxygens (including phenoxy) is 1. The minimum atomic E-state index is 0.575. The van der Waals surface area contributed by atoms with Crippen molar-refractivity contribution in [2.24, 2.45) is 0 Å². The molecule has 0 fully saturated rings. The second-order valence-electron chi connectivity index (χ2n) is 3.49. The molecule has 16 heavy (non-hydrogen) atoms. The van der Waals surface area contributed by atoms with E-state index in [1.54, 1.807) is 11.3 Å². The van der Waals surface area contributed by atoms with Crippen LogP contribution in [0.3, 0.4) is 0 Å². The number of nitrogens with two attached hydrogens (primary N) is 1. The topological polar surface area (TPSA) is 48.1 Å². The molecule has 84 valence electrons. The molecule has 0 bridgehead atoms. The maximum Gasteiger partial charge on any atom is 0.135 e. The number of rotatable bonds is 3. The lowest BCUT2D eigenvalue weighted by molar-refractivity contribution is 0.338. The van der Waals surface area contributed by atoms with Crippen LogP contribution < -0.4 is 10.5 Å². The quantitative estimate of drug-likeness (QED) is 0.887. The lowest BCUT2D eigenvalue weighted by atomic mass is 10.1. The van der Waals surface area contributed by atoms with E-state index in [0.717, 1.165) is 21.9 Å². The number of aromatic nitrogens is 1. The number of hydrogen-bond donors (Lipinski definition) is 1. The number of aryl methyl sites for hydroxylation is 1. The zero-order valence-corrected chi connectivity index (χ0v) is 10.2. The summed E-state index contributed by atoms with van der Waals surface area (Å²) in [5, 5.41) is 2.80. The second-order valence-corrected chi connectivity index (χ2v) is 4.35. The van der Waals surface area contributed by atoms with Crippen LogP contribution in [0.25, 0.3) is 10.6 Å². The maximum absolute atomic E-state index is 5.61. The Balaban J connectivity index is 2.34. The highest BCUT2D eigenvalue weighted by atomic mass is 32.1. The molecule has 2 rings (SSSR count). The van der Waals surface area contributed by atoms with Gasteiger partial charge in [0.25, 0.3) is 0 Å². The maximum atomic E-state index is 5.61. The highest BCUT2D eigenvalue weighted by Crippen LogP contribution is 2.28. The molecule has 1 aromatic heterocycles. The molecule has 1 heterocycles. The molecule has 0 spiro atoms. The summed E-state index contributed by atoms with van der Waals surface area (Å²) < 4.78 is 5.49. The van der Waals surface area contributed by atoms with Crippen LogP contribution in [0, 0.1) is 6.92 Å². The van der Waals surface area contributed by atoms with Gasteiger partial charge in [-0.3, -0.25) is 0 Å². The lowest BCUT2D eigenvalue weighted by Gasteiger charge is -2.07. The van der Waals surface area contributed by atoms with E-state index < -0.39 is 0 Å². The van der Waals surface area contributed by atoms with Crippen molar-refractivity contribution in [3.63, 3.8) is 0 Å². The number of thiazole rings is 1. The van der Waals surface area contributed by atoms with E-state index in [1.807, 2.05) is 31.4 Å². The first-order valence-electron chi connectivity index (χ1n) is 5.15. The van der Waals surface area contributed by atoms with Crippen LogP contribution in [0.1, 0.15) is 12.5 Å². The van der Waals surface area contributed by atoms with E-state index in [0.29, 0.717) is 12.4 Å². The van der Waals surface area contributed by atoms with Gasteiger partial charge >= 0.3 is 0 Å². The third kappa shape index (κ3) is 2.17. The molecule has 0 aliphatic carbocycles. The van der Waals surface area contributed by atoms with E-state index in [-0.39, 0.29) is 0 Å². The number of nitrogens with zero attached hydrogens (tertiary/aromatic N) is 1. The van der Waals surface area contributed by atoms with Crippen molar-refractivity contribution in [2.45, 2.75) is 13.8 Å². The van der Waals surface area contributed by atoms with Crippen LogP contribution in [-0.2, 0) is 0 Å². The zero-order chi connectivity index (χ0) is 11.5. The van der Waals surface area contributed by atoms with Gasteiger partial charge in [0.15, 0.2) is 0 Å². The molecule has 1 aromatic carbocycles. The summed E-state index contributed by atoms with van der Waals surface area (Å²) in [5.74, 6) is 1.50. The first-order valence-corrected chi connectivity index (χ1v) is 6.03. The molecule has 0 aliphatic rings.